The summed E-state index contributed by atoms with van der Waals surface area (Å²) in [6, 6.07) is 5.74. The van der Waals surface area contributed by atoms with Crippen LogP contribution in [0, 0.1) is 0 Å². The van der Waals surface area contributed by atoms with Crippen molar-refractivity contribution in [1.82, 2.24) is 15.1 Å². The van der Waals surface area contributed by atoms with Gasteiger partial charge in [-0.25, -0.2) is 0 Å². The largest absolute Gasteiger partial charge is 0.416 e. The maximum atomic E-state index is 12.6. The highest BCUT2D eigenvalue weighted by Crippen LogP contribution is 2.29. The van der Waals surface area contributed by atoms with Crippen LogP contribution in [0.5, 0.6) is 0 Å². The molecule has 1 aliphatic heterocycles. The fourth-order valence-electron chi connectivity index (χ4n) is 2.80. The molecule has 142 valence electrons. The number of likely N-dealkylation sites (tertiary alicyclic amines) is 1. The van der Waals surface area contributed by atoms with E-state index < -0.39 is 11.7 Å². The molecule has 25 heavy (non-hydrogen) atoms. The first-order chi connectivity index (χ1) is 11.3. The molecule has 1 unspecified atom stereocenters. The van der Waals surface area contributed by atoms with Gasteiger partial charge in [0.05, 0.1) is 5.56 Å². The molecule has 8 heteroatoms. The number of nitrogens with zero attached hydrogens (tertiary/aromatic N) is 3. The summed E-state index contributed by atoms with van der Waals surface area (Å²) in [6.07, 6.45) is -3.28. The Balaban J connectivity index is 0.00000312. The van der Waals surface area contributed by atoms with Crippen molar-refractivity contribution in [3.8, 4) is 0 Å². The average molecular weight is 470 g/mol. The van der Waals surface area contributed by atoms with Gasteiger partial charge in [0.1, 0.15) is 0 Å². The Morgan fingerprint density at radius 1 is 1.28 bits per heavy atom. The smallest absolute Gasteiger partial charge is 0.352 e. The standard InChI is InChI=1S/C17H25F3N4.HI/c1-4-21-16(23(2)3)22-15-9-10-24(12-15)11-13-5-7-14(8-6-13)17(18,19)20;/h5-8,15H,4,9-12H2,1-3H3,(H,21,22);1H. The normalized spacial score (nSPS) is 18.8. The first-order valence-corrected chi connectivity index (χ1v) is 8.16. The summed E-state index contributed by atoms with van der Waals surface area (Å²) in [5.74, 6) is 0.874. The molecule has 0 aromatic heterocycles. The maximum absolute atomic E-state index is 12.6. The lowest BCUT2D eigenvalue weighted by Gasteiger charge is -2.22. The number of hydrogen-bond acceptors (Lipinski definition) is 2. The molecule has 1 N–H and O–H groups in total. The van der Waals surface area contributed by atoms with Crippen LogP contribution < -0.4 is 5.32 Å². The van der Waals surface area contributed by atoms with E-state index in [1.807, 2.05) is 25.9 Å². The third-order valence-corrected chi connectivity index (χ3v) is 4.02. The molecule has 1 heterocycles. The number of benzene rings is 1. The SMILES string of the molecule is CCN=C(NC1CCN(Cc2ccc(C(F)(F)F)cc2)C1)N(C)C.I. The van der Waals surface area contributed by atoms with Crippen LogP contribution in [0.3, 0.4) is 0 Å². The fourth-order valence-corrected chi connectivity index (χ4v) is 2.80. The van der Waals surface area contributed by atoms with Gasteiger partial charge in [-0.1, -0.05) is 12.1 Å². The zero-order chi connectivity index (χ0) is 17.7. The van der Waals surface area contributed by atoms with E-state index in [9.17, 15) is 13.2 Å². The van der Waals surface area contributed by atoms with Crippen molar-refractivity contribution in [2.75, 3.05) is 33.7 Å². The lowest BCUT2D eigenvalue weighted by atomic mass is 10.1. The van der Waals surface area contributed by atoms with E-state index in [-0.39, 0.29) is 24.0 Å². The highest BCUT2D eigenvalue weighted by atomic mass is 127. The van der Waals surface area contributed by atoms with E-state index in [0.29, 0.717) is 12.6 Å². The summed E-state index contributed by atoms with van der Waals surface area (Å²) < 4.78 is 37.8. The summed E-state index contributed by atoms with van der Waals surface area (Å²) in [4.78, 5) is 8.65. The summed E-state index contributed by atoms with van der Waals surface area (Å²) in [5.41, 5.74) is 0.303. The lowest BCUT2D eigenvalue weighted by Crippen LogP contribution is -2.44. The first-order valence-electron chi connectivity index (χ1n) is 8.16. The number of guanidine groups is 1. The van der Waals surface area contributed by atoms with Crippen molar-refractivity contribution in [3.05, 3.63) is 35.4 Å². The minimum absolute atomic E-state index is 0. The Morgan fingerprint density at radius 3 is 2.44 bits per heavy atom. The quantitative estimate of drug-likeness (QED) is 0.416. The van der Waals surface area contributed by atoms with Gasteiger partial charge < -0.3 is 10.2 Å². The molecular weight excluding hydrogens is 444 g/mol. The molecule has 1 aliphatic rings. The molecule has 0 amide bonds. The van der Waals surface area contributed by atoms with E-state index in [0.717, 1.165) is 49.7 Å². The number of nitrogens with one attached hydrogen (secondary N) is 1. The molecule has 0 aliphatic carbocycles. The van der Waals surface area contributed by atoms with E-state index >= 15 is 0 Å². The summed E-state index contributed by atoms with van der Waals surface area (Å²) >= 11 is 0. The minimum atomic E-state index is -4.28. The van der Waals surface area contributed by atoms with Crippen molar-refractivity contribution in [2.45, 2.75) is 32.1 Å². The Labute approximate surface area is 164 Å². The molecule has 1 saturated heterocycles. The highest BCUT2D eigenvalue weighted by Gasteiger charge is 2.30. The van der Waals surface area contributed by atoms with Gasteiger partial charge in [-0.15, -0.1) is 24.0 Å². The van der Waals surface area contributed by atoms with Gasteiger partial charge in [-0.2, -0.15) is 13.2 Å². The van der Waals surface area contributed by atoms with Crippen molar-refractivity contribution in [3.63, 3.8) is 0 Å². The molecule has 1 fully saturated rings. The third kappa shape index (κ3) is 6.65. The van der Waals surface area contributed by atoms with Crippen LogP contribution in [0.15, 0.2) is 29.3 Å². The van der Waals surface area contributed by atoms with Crippen LogP contribution in [0.1, 0.15) is 24.5 Å². The van der Waals surface area contributed by atoms with E-state index in [2.05, 4.69) is 15.2 Å². The van der Waals surface area contributed by atoms with E-state index in [4.69, 9.17) is 0 Å². The molecule has 1 aromatic rings. The number of rotatable bonds is 4. The van der Waals surface area contributed by atoms with Gasteiger partial charge in [0.25, 0.3) is 0 Å². The Hall–Kier alpha value is -1.03. The zero-order valence-electron chi connectivity index (χ0n) is 14.8. The number of halogens is 4. The minimum Gasteiger partial charge on any atom is -0.352 e. The second-order valence-corrected chi connectivity index (χ2v) is 6.25. The zero-order valence-corrected chi connectivity index (χ0v) is 17.1. The van der Waals surface area contributed by atoms with Crippen molar-refractivity contribution in [1.29, 1.82) is 0 Å². The Bertz CT molecular complexity index is 558. The molecular formula is C17H26F3IN4. The summed E-state index contributed by atoms with van der Waals surface area (Å²) in [6.45, 7) is 5.17. The molecule has 1 atom stereocenters. The molecule has 0 saturated carbocycles. The van der Waals surface area contributed by atoms with Crippen LogP contribution in [-0.4, -0.2) is 55.5 Å². The van der Waals surface area contributed by atoms with Crippen LogP contribution in [0.25, 0.3) is 0 Å². The van der Waals surface area contributed by atoms with Gasteiger partial charge in [0, 0.05) is 46.3 Å². The van der Waals surface area contributed by atoms with Gasteiger partial charge in [0.2, 0.25) is 0 Å². The Kier molecular flexibility index (Phi) is 8.46. The van der Waals surface area contributed by atoms with Gasteiger partial charge in [0.15, 0.2) is 5.96 Å². The fraction of sp³-hybridized carbons (Fsp3) is 0.588. The van der Waals surface area contributed by atoms with Gasteiger partial charge >= 0.3 is 6.18 Å². The van der Waals surface area contributed by atoms with Crippen molar-refractivity contribution >= 4 is 29.9 Å². The second-order valence-electron chi connectivity index (χ2n) is 6.25. The summed E-state index contributed by atoms with van der Waals surface area (Å²) in [7, 11) is 3.91. The average Bonchev–Trinajstić information content (AvgIpc) is 2.93. The van der Waals surface area contributed by atoms with Crippen molar-refractivity contribution < 1.29 is 13.2 Å². The van der Waals surface area contributed by atoms with Gasteiger partial charge in [-0.05, 0) is 31.0 Å². The second kappa shape index (κ2) is 9.61. The molecule has 0 radical (unpaired) electrons. The monoisotopic (exact) mass is 470 g/mol. The maximum Gasteiger partial charge on any atom is 0.416 e. The molecule has 1 aromatic carbocycles. The van der Waals surface area contributed by atoms with Crippen LogP contribution in [0.4, 0.5) is 13.2 Å². The number of hydrogen-bond donors (Lipinski definition) is 1. The predicted molar refractivity (Wildman–Crippen MR) is 105 cm³/mol. The molecule has 4 nitrogen and oxygen atoms in total. The highest BCUT2D eigenvalue weighted by molar-refractivity contribution is 14.0. The van der Waals surface area contributed by atoms with Crippen LogP contribution in [0.2, 0.25) is 0 Å². The predicted octanol–water partition coefficient (Wildman–Crippen LogP) is 3.42. The summed E-state index contributed by atoms with van der Waals surface area (Å²) in [5, 5.41) is 3.45. The van der Waals surface area contributed by atoms with E-state index in [1.165, 1.54) is 0 Å². The number of alkyl halides is 3. The van der Waals surface area contributed by atoms with Crippen LogP contribution in [-0.2, 0) is 12.7 Å². The number of aliphatic imine (C=N–C) groups is 1. The van der Waals surface area contributed by atoms with Crippen LogP contribution >= 0.6 is 24.0 Å². The van der Waals surface area contributed by atoms with Crippen molar-refractivity contribution in [2.24, 2.45) is 4.99 Å². The van der Waals surface area contributed by atoms with E-state index in [1.54, 1.807) is 12.1 Å². The van der Waals surface area contributed by atoms with Gasteiger partial charge in [-0.3, -0.25) is 9.89 Å². The topological polar surface area (TPSA) is 30.9 Å². The third-order valence-electron chi connectivity index (χ3n) is 4.02. The first kappa shape index (κ1) is 22.0. The Morgan fingerprint density at radius 2 is 1.92 bits per heavy atom. The lowest BCUT2D eigenvalue weighted by molar-refractivity contribution is -0.137. The molecule has 0 bridgehead atoms. The molecule has 2 rings (SSSR count). The molecule has 0 spiro atoms.